The van der Waals surface area contributed by atoms with Crippen molar-refractivity contribution in [1.82, 2.24) is 0 Å². The third-order valence-corrected chi connectivity index (χ3v) is 3.90. The average molecular weight is 246 g/mol. The highest BCUT2D eigenvalue weighted by Crippen LogP contribution is 2.28. The molecule has 0 aromatic rings. The molecule has 0 heterocycles. The molecule has 0 unspecified atom stereocenters. The summed E-state index contributed by atoms with van der Waals surface area (Å²) in [6.45, 7) is 4.34. The lowest BCUT2D eigenvalue weighted by atomic mass is 10.1. The van der Waals surface area contributed by atoms with E-state index in [-0.39, 0.29) is 11.2 Å². The van der Waals surface area contributed by atoms with Crippen LogP contribution in [0.2, 0.25) is 0 Å². The molecule has 0 aromatic carbocycles. The number of hydrogen-bond donors (Lipinski definition) is 0. The van der Waals surface area contributed by atoms with Gasteiger partial charge in [-0.05, 0) is 26.7 Å². The molecule has 1 aliphatic carbocycles. The smallest absolute Gasteiger partial charge is 0.220 e. The van der Waals surface area contributed by atoms with E-state index in [1.807, 2.05) is 13.8 Å². The van der Waals surface area contributed by atoms with E-state index in [1.54, 1.807) is 7.11 Å². The fraction of sp³-hybridized carbons (Fsp3) is 0.917. The van der Waals surface area contributed by atoms with Gasteiger partial charge in [0.15, 0.2) is 0 Å². The summed E-state index contributed by atoms with van der Waals surface area (Å²) in [7, 11) is 1.64. The maximum absolute atomic E-state index is 11.9. The lowest BCUT2D eigenvalue weighted by Crippen LogP contribution is -2.36. The second-order valence-electron chi connectivity index (χ2n) is 4.66. The Kier molecular flexibility index (Phi) is 5.79. The molecule has 0 radical (unpaired) electrons. The zero-order valence-electron chi connectivity index (χ0n) is 10.5. The van der Waals surface area contributed by atoms with Gasteiger partial charge in [-0.15, -0.1) is 0 Å². The summed E-state index contributed by atoms with van der Waals surface area (Å²) >= 11 is 1.30. The van der Waals surface area contributed by atoms with Crippen molar-refractivity contribution in [2.24, 2.45) is 0 Å². The summed E-state index contributed by atoms with van der Waals surface area (Å²) in [5.74, 6) is 0.701. The third kappa shape index (κ3) is 4.44. The first-order chi connectivity index (χ1) is 7.56. The van der Waals surface area contributed by atoms with E-state index < -0.39 is 5.60 Å². The summed E-state index contributed by atoms with van der Waals surface area (Å²) in [5, 5.41) is 0.108. The second-order valence-corrected chi connectivity index (χ2v) is 5.73. The van der Waals surface area contributed by atoms with E-state index in [1.165, 1.54) is 24.6 Å². The average Bonchev–Trinajstić information content (AvgIpc) is 2.70. The van der Waals surface area contributed by atoms with Crippen molar-refractivity contribution in [3.05, 3.63) is 0 Å². The highest BCUT2D eigenvalue weighted by Gasteiger charge is 2.32. The maximum atomic E-state index is 11.9. The van der Waals surface area contributed by atoms with Crippen LogP contribution in [0.1, 0.15) is 39.5 Å². The second kappa shape index (κ2) is 6.62. The maximum Gasteiger partial charge on any atom is 0.220 e. The molecule has 1 aliphatic rings. The topological polar surface area (TPSA) is 35.5 Å². The Labute approximate surface area is 102 Å². The lowest BCUT2D eigenvalue weighted by molar-refractivity contribution is -0.137. The van der Waals surface area contributed by atoms with Crippen molar-refractivity contribution in [2.75, 3.05) is 19.5 Å². The highest BCUT2D eigenvalue weighted by molar-refractivity contribution is 8.13. The molecule has 3 nitrogen and oxygen atoms in total. The van der Waals surface area contributed by atoms with E-state index in [9.17, 15) is 4.79 Å². The van der Waals surface area contributed by atoms with E-state index in [4.69, 9.17) is 9.47 Å². The van der Waals surface area contributed by atoms with Gasteiger partial charge in [0.25, 0.3) is 0 Å². The van der Waals surface area contributed by atoms with E-state index in [2.05, 4.69) is 0 Å². The van der Waals surface area contributed by atoms with Gasteiger partial charge in [0.1, 0.15) is 5.60 Å². The summed E-state index contributed by atoms with van der Waals surface area (Å²) in [6.07, 6.45) is 4.93. The van der Waals surface area contributed by atoms with Gasteiger partial charge in [0.2, 0.25) is 5.12 Å². The molecule has 1 saturated carbocycles. The van der Waals surface area contributed by atoms with E-state index in [0.717, 1.165) is 12.8 Å². The van der Waals surface area contributed by atoms with Crippen molar-refractivity contribution in [3.63, 3.8) is 0 Å². The molecule has 0 N–H and O–H groups in total. The number of hydrogen-bond acceptors (Lipinski definition) is 4. The normalized spacial score (nSPS) is 17.9. The molecule has 94 valence electrons. The quantitative estimate of drug-likeness (QED) is 0.675. The van der Waals surface area contributed by atoms with Crippen LogP contribution in [-0.2, 0) is 14.3 Å². The fourth-order valence-corrected chi connectivity index (χ4v) is 2.69. The van der Waals surface area contributed by atoms with Gasteiger partial charge in [-0.1, -0.05) is 24.6 Å². The Morgan fingerprint density at radius 3 is 2.56 bits per heavy atom. The molecule has 0 aliphatic heterocycles. The lowest BCUT2D eigenvalue weighted by Gasteiger charge is -2.27. The molecule has 0 bridgehead atoms. The van der Waals surface area contributed by atoms with Crippen LogP contribution in [0.4, 0.5) is 0 Å². The molecule has 1 fully saturated rings. The summed E-state index contributed by atoms with van der Waals surface area (Å²) in [5.41, 5.74) is -0.659. The number of rotatable bonds is 6. The van der Waals surface area contributed by atoms with E-state index >= 15 is 0 Å². The third-order valence-electron chi connectivity index (χ3n) is 2.78. The first-order valence-corrected chi connectivity index (χ1v) is 6.89. The van der Waals surface area contributed by atoms with Crippen LogP contribution in [-0.4, -0.2) is 36.3 Å². The largest absolute Gasteiger partial charge is 0.384 e. The van der Waals surface area contributed by atoms with Gasteiger partial charge in [-0.25, -0.2) is 0 Å². The van der Waals surface area contributed by atoms with Gasteiger partial charge in [0, 0.05) is 12.9 Å². The Morgan fingerprint density at radius 1 is 1.38 bits per heavy atom. The number of thioether (sulfide) groups is 1. The zero-order valence-corrected chi connectivity index (χ0v) is 11.3. The van der Waals surface area contributed by atoms with Gasteiger partial charge in [0.05, 0.1) is 12.7 Å². The molecule has 0 atom stereocenters. The minimum absolute atomic E-state index is 0.108. The number of carbonyl (C=O) groups is 1. The van der Waals surface area contributed by atoms with Crippen molar-refractivity contribution < 1.29 is 14.3 Å². The molecular formula is C12H22O3S. The van der Waals surface area contributed by atoms with Gasteiger partial charge >= 0.3 is 0 Å². The predicted octanol–water partition coefficient (Wildman–Crippen LogP) is 2.63. The molecule has 0 amide bonds. The van der Waals surface area contributed by atoms with Gasteiger partial charge in [-0.2, -0.15) is 0 Å². The van der Waals surface area contributed by atoms with Crippen LogP contribution in [0.15, 0.2) is 0 Å². The van der Waals surface area contributed by atoms with Crippen molar-refractivity contribution in [1.29, 1.82) is 0 Å². The summed E-state index contributed by atoms with van der Waals surface area (Å²) in [6, 6.07) is 0. The van der Waals surface area contributed by atoms with Crippen molar-refractivity contribution in [2.45, 2.75) is 51.2 Å². The monoisotopic (exact) mass is 246 g/mol. The van der Waals surface area contributed by atoms with E-state index in [0.29, 0.717) is 12.4 Å². The van der Waals surface area contributed by atoms with Crippen LogP contribution < -0.4 is 0 Å². The number of ether oxygens (including phenoxy) is 2. The first kappa shape index (κ1) is 14.0. The molecular weight excluding hydrogens is 224 g/mol. The molecule has 16 heavy (non-hydrogen) atoms. The zero-order chi connectivity index (χ0) is 12.0. The molecule has 0 aromatic heterocycles. The number of methoxy groups -OCH3 is 1. The minimum atomic E-state index is -0.659. The van der Waals surface area contributed by atoms with Crippen LogP contribution in [0, 0.1) is 0 Å². The Bertz CT molecular complexity index is 222. The molecule has 1 rings (SSSR count). The fourth-order valence-electron chi connectivity index (χ4n) is 1.86. The summed E-state index contributed by atoms with van der Waals surface area (Å²) < 4.78 is 10.8. The van der Waals surface area contributed by atoms with Crippen LogP contribution in [0.5, 0.6) is 0 Å². The Morgan fingerprint density at radius 2 is 2.00 bits per heavy atom. The predicted molar refractivity (Wildman–Crippen MR) is 66.8 cm³/mol. The van der Waals surface area contributed by atoms with Crippen LogP contribution in [0.3, 0.4) is 0 Å². The minimum Gasteiger partial charge on any atom is -0.384 e. The Balaban J connectivity index is 2.32. The molecule has 4 heteroatoms. The van der Waals surface area contributed by atoms with Gasteiger partial charge in [-0.3, -0.25) is 4.79 Å². The van der Waals surface area contributed by atoms with Crippen molar-refractivity contribution in [3.8, 4) is 0 Å². The first-order valence-electron chi connectivity index (χ1n) is 5.90. The highest BCUT2D eigenvalue weighted by atomic mass is 32.2. The SMILES string of the molecule is COCCSC(=O)C(C)(C)OC1CCCC1. The summed E-state index contributed by atoms with van der Waals surface area (Å²) in [4.78, 5) is 11.9. The molecule has 0 saturated heterocycles. The van der Waals surface area contributed by atoms with Crippen molar-refractivity contribution >= 4 is 16.9 Å². The van der Waals surface area contributed by atoms with Crippen LogP contribution >= 0.6 is 11.8 Å². The standard InChI is InChI=1S/C12H22O3S/c1-12(2,11(13)16-9-8-14-3)15-10-6-4-5-7-10/h10H,4-9H2,1-3H3. The molecule has 0 spiro atoms. The van der Waals surface area contributed by atoms with Crippen LogP contribution in [0.25, 0.3) is 0 Å². The van der Waals surface area contributed by atoms with Gasteiger partial charge < -0.3 is 9.47 Å². The number of carbonyl (C=O) groups excluding carboxylic acids is 1. The Hall–Kier alpha value is -0.0600.